The monoisotopic (exact) mass is 625 g/mol. The summed E-state index contributed by atoms with van der Waals surface area (Å²) in [5, 5.41) is 2.14. The van der Waals surface area contributed by atoms with Crippen molar-refractivity contribution in [1.29, 1.82) is 0 Å². The molecule has 0 N–H and O–H groups in total. The molecule has 0 unspecified atom stereocenters. The van der Waals surface area contributed by atoms with Gasteiger partial charge in [-0.05, 0) is 125 Å². The fraction of sp³-hybridized carbons (Fsp3) is 0.659. The van der Waals surface area contributed by atoms with E-state index in [-0.39, 0.29) is 23.8 Å². The van der Waals surface area contributed by atoms with Crippen LogP contribution in [-0.4, -0.2) is 16.5 Å². The molecule has 1 heterocycles. The highest BCUT2D eigenvalue weighted by Gasteiger charge is 2.37. The van der Waals surface area contributed by atoms with Crippen LogP contribution >= 0.6 is 0 Å². The van der Waals surface area contributed by atoms with Crippen molar-refractivity contribution in [3.05, 3.63) is 48.5 Å². The van der Waals surface area contributed by atoms with E-state index in [9.17, 15) is 9.59 Å². The van der Waals surface area contributed by atoms with E-state index >= 15 is 0 Å². The van der Waals surface area contributed by atoms with E-state index < -0.39 is 6.41 Å². The minimum absolute atomic E-state index is 0.137. The molecule has 2 aromatic carbocycles. The Balaban J connectivity index is 1.07. The van der Waals surface area contributed by atoms with Crippen molar-refractivity contribution in [1.82, 2.24) is 4.57 Å². The summed E-state index contributed by atoms with van der Waals surface area (Å²) in [6.07, 6.45) is 17.5. The molecule has 1 aromatic heterocycles. The fourth-order valence-electron chi connectivity index (χ4n) is 9.87. The van der Waals surface area contributed by atoms with Crippen LogP contribution in [0, 0.1) is 47.3 Å². The molecule has 4 saturated carbocycles. The van der Waals surface area contributed by atoms with Crippen molar-refractivity contribution in [3.63, 3.8) is 0 Å². The maximum Gasteiger partial charge on any atom is 0.336 e. The Morgan fingerprint density at radius 1 is 0.522 bits per heavy atom. The van der Waals surface area contributed by atoms with E-state index in [4.69, 9.17) is 9.47 Å². The maximum absolute atomic E-state index is 13.9. The number of esters is 2. The number of carbonyl (C=O) groups is 2. The molecule has 4 fully saturated rings. The Kier molecular flexibility index (Phi) is 9.75. The summed E-state index contributed by atoms with van der Waals surface area (Å²) in [5.74, 6) is 4.11. The molecule has 0 radical (unpaired) electrons. The van der Waals surface area contributed by atoms with Crippen LogP contribution in [0.4, 0.5) is 0 Å². The molecule has 3 aromatic rings. The van der Waals surface area contributed by atoms with Gasteiger partial charge >= 0.3 is 18.4 Å². The lowest BCUT2D eigenvalue weighted by atomic mass is 9.69. The first-order valence-electron chi connectivity index (χ1n) is 18.8. The highest BCUT2D eigenvalue weighted by Crippen LogP contribution is 2.44. The normalized spacial score (nSPS) is 33.0. The average Bonchev–Trinajstić information content (AvgIpc) is 3.43. The Labute approximate surface area is 275 Å². The molecule has 7 rings (SSSR count). The molecular formula is C41H55NO4. The molecule has 4 aliphatic rings. The minimum Gasteiger partial charge on any atom is -0.405 e. The number of hydrogen-bond acceptors (Lipinski definition) is 4. The maximum atomic E-state index is 13.9. The predicted octanol–water partition coefficient (Wildman–Crippen LogP) is 10.6. The van der Waals surface area contributed by atoms with E-state index in [0.29, 0.717) is 0 Å². The van der Waals surface area contributed by atoms with E-state index in [1.54, 1.807) is 0 Å². The van der Waals surface area contributed by atoms with Crippen molar-refractivity contribution in [2.24, 2.45) is 47.3 Å². The summed E-state index contributed by atoms with van der Waals surface area (Å²) >= 11 is 0. The fourth-order valence-corrected chi connectivity index (χ4v) is 9.87. The van der Waals surface area contributed by atoms with Gasteiger partial charge in [-0.15, -0.1) is 0 Å². The third kappa shape index (κ3) is 6.76. The van der Waals surface area contributed by atoms with E-state index in [2.05, 4.69) is 26.0 Å². The number of fused-ring (bicyclic) bond motifs is 3. The summed E-state index contributed by atoms with van der Waals surface area (Å²) in [6.45, 7) is 4.76. The van der Waals surface area contributed by atoms with Gasteiger partial charge in [0.25, 0.3) is 0 Å². The van der Waals surface area contributed by atoms with Crippen molar-refractivity contribution in [3.8, 4) is 0 Å². The first kappa shape index (κ1) is 31.8. The van der Waals surface area contributed by atoms with Crippen molar-refractivity contribution >= 4 is 33.7 Å². The van der Waals surface area contributed by atoms with E-state index in [1.807, 2.05) is 41.0 Å². The highest BCUT2D eigenvalue weighted by molar-refractivity contribution is 6.08. The van der Waals surface area contributed by atoms with Gasteiger partial charge in [-0.25, -0.2) is 0 Å². The molecular weight excluding hydrogens is 570 g/mol. The summed E-state index contributed by atoms with van der Waals surface area (Å²) in [6, 6.07) is 16.3. The van der Waals surface area contributed by atoms with Crippen molar-refractivity contribution in [2.45, 2.75) is 123 Å². The first-order chi connectivity index (χ1) is 22.4. The number of nitrogens with zero attached hydrogens (tertiary/aromatic N) is 1. The molecule has 46 heavy (non-hydrogen) atoms. The predicted molar refractivity (Wildman–Crippen MR) is 184 cm³/mol. The van der Waals surface area contributed by atoms with Gasteiger partial charge in [0.2, 0.25) is 0 Å². The van der Waals surface area contributed by atoms with Gasteiger partial charge in [0, 0.05) is 10.8 Å². The van der Waals surface area contributed by atoms with Gasteiger partial charge in [-0.1, -0.05) is 75.9 Å². The van der Waals surface area contributed by atoms with E-state index in [0.717, 1.165) is 109 Å². The Hall–Kier alpha value is -2.82. The number of aromatic nitrogens is 1. The van der Waals surface area contributed by atoms with Crippen LogP contribution in [-0.2, 0) is 19.1 Å². The standard InChI is InChI=1S/C41H55NO4/c1-27-11-15-29(16-12-27)31-19-23-33(24-20-31)39(43)45-41(42-37-9-5-3-7-35(37)36-8-4-6-10-38(36)42)46-40(44)34-25-21-32(22-26-34)30-17-13-28(2)14-18-30/h3-10,27-34,41H,11-26H2,1-2H3. The smallest absolute Gasteiger partial charge is 0.336 e. The quantitative estimate of drug-likeness (QED) is 0.194. The summed E-state index contributed by atoms with van der Waals surface area (Å²) in [7, 11) is 0. The number of benzene rings is 2. The van der Waals surface area contributed by atoms with Crippen LogP contribution in [0.2, 0.25) is 0 Å². The van der Waals surface area contributed by atoms with Gasteiger partial charge in [-0.2, -0.15) is 0 Å². The summed E-state index contributed by atoms with van der Waals surface area (Å²) in [4.78, 5) is 27.7. The third-order valence-electron chi connectivity index (χ3n) is 12.9. The van der Waals surface area contributed by atoms with Gasteiger partial charge in [0.1, 0.15) is 0 Å². The lowest BCUT2D eigenvalue weighted by molar-refractivity contribution is -0.211. The second kappa shape index (κ2) is 14.1. The second-order valence-electron chi connectivity index (χ2n) is 15.8. The largest absolute Gasteiger partial charge is 0.405 e. The van der Waals surface area contributed by atoms with Gasteiger partial charge in [0.15, 0.2) is 0 Å². The van der Waals surface area contributed by atoms with Crippen molar-refractivity contribution in [2.75, 3.05) is 0 Å². The molecule has 0 saturated heterocycles. The Morgan fingerprint density at radius 3 is 1.22 bits per heavy atom. The molecule has 248 valence electrons. The molecule has 0 atom stereocenters. The molecule has 0 bridgehead atoms. The van der Waals surface area contributed by atoms with Gasteiger partial charge in [-0.3, -0.25) is 14.2 Å². The second-order valence-corrected chi connectivity index (χ2v) is 15.8. The molecule has 0 spiro atoms. The minimum atomic E-state index is -1.11. The third-order valence-corrected chi connectivity index (χ3v) is 12.9. The number of para-hydroxylation sites is 2. The van der Waals surface area contributed by atoms with Crippen LogP contribution < -0.4 is 0 Å². The SMILES string of the molecule is CC1CCC(C2CCC(C(=O)OC(OC(=O)C3CCC(C4CCC(C)CC4)CC3)n3c4ccccc4c4ccccc43)CC2)CC1. The lowest BCUT2D eigenvalue weighted by Crippen LogP contribution is -2.33. The van der Waals surface area contributed by atoms with Crippen molar-refractivity contribution < 1.29 is 19.1 Å². The molecule has 0 amide bonds. The molecule has 5 heteroatoms. The summed E-state index contributed by atoms with van der Waals surface area (Å²) < 4.78 is 14.6. The van der Waals surface area contributed by atoms with Crippen LogP contribution in [0.15, 0.2) is 48.5 Å². The number of carbonyl (C=O) groups excluding carboxylic acids is 2. The summed E-state index contributed by atoms with van der Waals surface area (Å²) in [5.41, 5.74) is 1.83. The Morgan fingerprint density at radius 2 is 0.848 bits per heavy atom. The van der Waals surface area contributed by atoms with Crippen LogP contribution in [0.5, 0.6) is 0 Å². The molecule has 4 aliphatic carbocycles. The lowest BCUT2D eigenvalue weighted by Gasteiger charge is -2.37. The van der Waals surface area contributed by atoms with Crippen LogP contribution in [0.1, 0.15) is 123 Å². The molecule has 5 nitrogen and oxygen atoms in total. The topological polar surface area (TPSA) is 57.5 Å². The average molecular weight is 626 g/mol. The zero-order valence-corrected chi connectivity index (χ0v) is 28.2. The molecule has 0 aliphatic heterocycles. The number of rotatable bonds is 7. The number of hydrogen-bond donors (Lipinski definition) is 0. The van der Waals surface area contributed by atoms with Gasteiger partial charge < -0.3 is 9.47 Å². The number of ether oxygens (including phenoxy) is 2. The van der Waals surface area contributed by atoms with Crippen LogP contribution in [0.25, 0.3) is 21.8 Å². The zero-order valence-electron chi connectivity index (χ0n) is 28.2. The van der Waals surface area contributed by atoms with Crippen LogP contribution in [0.3, 0.4) is 0 Å². The first-order valence-corrected chi connectivity index (χ1v) is 18.8. The Bertz CT molecular complexity index is 1370. The zero-order chi connectivity index (χ0) is 31.6. The van der Waals surface area contributed by atoms with E-state index in [1.165, 1.54) is 51.4 Å². The van der Waals surface area contributed by atoms with Gasteiger partial charge in [0.05, 0.1) is 22.9 Å². The highest BCUT2D eigenvalue weighted by atomic mass is 16.7.